The van der Waals surface area contributed by atoms with Crippen molar-refractivity contribution in [3.63, 3.8) is 0 Å². The number of cyclic esters (lactones) is 1. The van der Waals surface area contributed by atoms with E-state index in [1.165, 1.54) is 0 Å². The minimum absolute atomic E-state index is 0.00647. The Bertz CT molecular complexity index is 1210. The smallest absolute Gasteiger partial charge is 0.310 e. The van der Waals surface area contributed by atoms with Gasteiger partial charge in [-0.1, -0.05) is 72.8 Å². The number of amides is 2. The van der Waals surface area contributed by atoms with Crippen molar-refractivity contribution in [3.05, 3.63) is 83.9 Å². The van der Waals surface area contributed by atoms with Crippen LogP contribution in [0.3, 0.4) is 0 Å². The fourth-order valence-corrected chi connectivity index (χ4v) is 4.68. The predicted molar refractivity (Wildman–Crippen MR) is 158 cm³/mol. The number of ether oxygens (including phenoxy) is 2. The number of carbonyl (C=O) groups excluding carboxylic acids is 4. The van der Waals surface area contributed by atoms with Gasteiger partial charge < -0.3 is 24.8 Å². The number of nitrogens with zero attached hydrogens (tertiary/aromatic N) is 1. The molecule has 3 rings (SSSR count). The van der Waals surface area contributed by atoms with Crippen molar-refractivity contribution in [2.24, 2.45) is 11.8 Å². The highest BCUT2D eigenvalue weighted by molar-refractivity contribution is 5.86. The molecule has 0 fully saturated rings. The Morgan fingerprint density at radius 2 is 1.57 bits per heavy atom. The molecule has 226 valence electrons. The second-order valence-electron chi connectivity index (χ2n) is 11.4. The van der Waals surface area contributed by atoms with Gasteiger partial charge in [0.05, 0.1) is 31.4 Å². The lowest BCUT2D eigenvalue weighted by molar-refractivity contribution is -0.164. The van der Waals surface area contributed by atoms with E-state index in [-0.39, 0.29) is 57.2 Å². The summed E-state index contributed by atoms with van der Waals surface area (Å²) in [5, 5.41) is 12.5. The van der Waals surface area contributed by atoms with E-state index in [0.717, 1.165) is 5.56 Å². The highest BCUT2D eigenvalue weighted by Crippen LogP contribution is 2.24. The number of carbonyl (C=O) groups is 4. The molecule has 9 nitrogen and oxygen atoms in total. The number of nitrogens with one attached hydrogen (secondary N) is 1. The summed E-state index contributed by atoms with van der Waals surface area (Å²) in [7, 11) is 0. The molecule has 2 amide bonds. The molecule has 1 heterocycles. The highest BCUT2D eigenvalue weighted by atomic mass is 16.6. The van der Waals surface area contributed by atoms with Crippen LogP contribution in [0, 0.1) is 11.8 Å². The average molecular weight is 579 g/mol. The van der Waals surface area contributed by atoms with E-state index in [2.05, 4.69) is 5.32 Å². The Labute approximate surface area is 247 Å². The first kappa shape index (κ1) is 32.5. The SMILES string of the molecule is CC(C)(C)OC(=O)C[C@@H]1C/C=C\C[C@@H](CC(=O)N(CCO)Cc2ccccc2)C(=O)NC[C@H](c2ccccc2)OC1=O. The molecule has 1 aliphatic heterocycles. The highest BCUT2D eigenvalue weighted by Gasteiger charge is 2.30. The zero-order valence-corrected chi connectivity index (χ0v) is 24.7. The van der Waals surface area contributed by atoms with Gasteiger partial charge in [0.1, 0.15) is 11.7 Å². The van der Waals surface area contributed by atoms with Crippen LogP contribution in [0.25, 0.3) is 0 Å². The minimum atomic E-state index is -0.785. The van der Waals surface area contributed by atoms with E-state index in [0.29, 0.717) is 12.1 Å². The lowest BCUT2D eigenvalue weighted by Crippen LogP contribution is -2.40. The molecule has 0 spiro atoms. The first-order valence-electron chi connectivity index (χ1n) is 14.4. The standard InChI is InChI=1S/C33H42N2O7/c1-33(2,3)42-30(38)21-27-17-11-10-16-26(20-29(37)35(18-19-36)23-24-12-6-4-7-13-24)31(39)34-22-28(41-32(27)40)25-14-8-5-9-15-25/h4-15,26-28,36H,16-23H2,1-3H3,(H,34,39)/b11-10-/t26-,27-,28+/m0/s1. The summed E-state index contributed by atoms with van der Waals surface area (Å²) in [6.45, 7) is 5.58. The van der Waals surface area contributed by atoms with Crippen molar-refractivity contribution >= 4 is 23.8 Å². The zero-order chi connectivity index (χ0) is 30.5. The Kier molecular flexibility index (Phi) is 12.3. The maximum atomic E-state index is 13.3. The van der Waals surface area contributed by atoms with E-state index in [4.69, 9.17) is 9.47 Å². The van der Waals surface area contributed by atoms with Gasteiger partial charge in [-0.15, -0.1) is 0 Å². The maximum absolute atomic E-state index is 13.3. The number of aliphatic hydroxyl groups excluding tert-OH is 1. The predicted octanol–water partition coefficient (Wildman–Crippen LogP) is 4.11. The lowest BCUT2D eigenvalue weighted by atomic mass is 9.96. The second-order valence-corrected chi connectivity index (χ2v) is 11.4. The zero-order valence-electron chi connectivity index (χ0n) is 24.7. The second kappa shape index (κ2) is 15.9. The van der Waals surface area contributed by atoms with Gasteiger partial charge in [-0.2, -0.15) is 0 Å². The molecule has 0 aromatic heterocycles. The van der Waals surface area contributed by atoms with Gasteiger partial charge in [0, 0.05) is 19.5 Å². The van der Waals surface area contributed by atoms with Crippen LogP contribution in [-0.4, -0.2) is 59.1 Å². The number of rotatable bonds is 9. The van der Waals surface area contributed by atoms with Crippen molar-refractivity contribution in [2.45, 2.75) is 64.7 Å². The fraction of sp³-hybridized carbons (Fsp3) is 0.455. The Morgan fingerprint density at radius 1 is 0.952 bits per heavy atom. The van der Waals surface area contributed by atoms with Gasteiger partial charge in [0.2, 0.25) is 11.8 Å². The topological polar surface area (TPSA) is 122 Å². The molecular weight excluding hydrogens is 536 g/mol. The van der Waals surface area contributed by atoms with E-state index in [1.54, 1.807) is 50.0 Å². The third-order valence-electron chi connectivity index (χ3n) is 6.80. The summed E-state index contributed by atoms with van der Waals surface area (Å²) in [5.41, 5.74) is 0.925. The van der Waals surface area contributed by atoms with Crippen molar-refractivity contribution < 1.29 is 33.8 Å². The number of hydrogen-bond donors (Lipinski definition) is 2. The van der Waals surface area contributed by atoms with E-state index < -0.39 is 35.5 Å². The third-order valence-corrected chi connectivity index (χ3v) is 6.80. The van der Waals surface area contributed by atoms with E-state index in [9.17, 15) is 24.3 Å². The first-order chi connectivity index (χ1) is 20.1. The summed E-state index contributed by atoms with van der Waals surface area (Å²) in [6.07, 6.45) is 3.00. The molecule has 0 aliphatic carbocycles. The number of aliphatic hydroxyl groups is 1. The molecule has 1 aliphatic rings. The van der Waals surface area contributed by atoms with E-state index in [1.807, 2.05) is 48.5 Å². The van der Waals surface area contributed by atoms with Crippen molar-refractivity contribution in [3.8, 4) is 0 Å². The summed E-state index contributed by atoms with van der Waals surface area (Å²) in [4.78, 5) is 54.1. The molecule has 0 saturated heterocycles. The van der Waals surface area contributed by atoms with Gasteiger partial charge in [-0.05, 0) is 44.7 Å². The molecule has 0 saturated carbocycles. The Morgan fingerprint density at radius 3 is 2.19 bits per heavy atom. The van der Waals surface area contributed by atoms with Gasteiger partial charge in [-0.3, -0.25) is 19.2 Å². The molecule has 42 heavy (non-hydrogen) atoms. The van der Waals surface area contributed by atoms with Crippen molar-refractivity contribution in [2.75, 3.05) is 19.7 Å². The number of allylic oxidation sites excluding steroid dienone is 2. The number of hydrogen-bond acceptors (Lipinski definition) is 7. The van der Waals surface area contributed by atoms with Gasteiger partial charge in [-0.25, -0.2) is 0 Å². The van der Waals surface area contributed by atoms with Crippen LogP contribution in [0.4, 0.5) is 0 Å². The van der Waals surface area contributed by atoms with Crippen LogP contribution >= 0.6 is 0 Å². The molecular formula is C33H42N2O7. The largest absolute Gasteiger partial charge is 0.460 e. The molecule has 0 radical (unpaired) electrons. The van der Waals surface area contributed by atoms with Crippen LogP contribution < -0.4 is 5.32 Å². The summed E-state index contributed by atoms with van der Waals surface area (Å²) >= 11 is 0. The van der Waals surface area contributed by atoms with Crippen LogP contribution in [0.1, 0.15) is 63.7 Å². The summed E-state index contributed by atoms with van der Waals surface area (Å²) in [6, 6.07) is 18.5. The molecule has 0 bridgehead atoms. The monoisotopic (exact) mass is 578 g/mol. The van der Waals surface area contributed by atoms with Gasteiger partial charge >= 0.3 is 11.9 Å². The molecule has 2 aromatic rings. The molecule has 2 N–H and O–H groups in total. The van der Waals surface area contributed by atoms with Gasteiger partial charge in [0.25, 0.3) is 0 Å². The normalized spacial score (nSPS) is 20.7. The fourth-order valence-electron chi connectivity index (χ4n) is 4.68. The summed E-state index contributed by atoms with van der Waals surface area (Å²) in [5.74, 6) is -3.09. The van der Waals surface area contributed by atoms with Crippen LogP contribution in [0.2, 0.25) is 0 Å². The number of benzene rings is 2. The average Bonchev–Trinajstić information content (AvgIpc) is 2.95. The van der Waals surface area contributed by atoms with E-state index >= 15 is 0 Å². The van der Waals surface area contributed by atoms with Crippen LogP contribution in [-0.2, 0) is 35.2 Å². The Balaban J connectivity index is 1.81. The molecule has 9 heteroatoms. The molecule has 0 unspecified atom stereocenters. The summed E-state index contributed by atoms with van der Waals surface area (Å²) < 4.78 is 11.3. The maximum Gasteiger partial charge on any atom is 0.310 e. The quantitative estimate of drug-likeness (QED) is 0.339. The Hall–Kier alpha value is -3.98. The van der Waals surface area contributed by atoms with Crippen molar-refractivity contribution in [1.29, 1.82) is 0 Å². The third kappa shape index (κ3) is 10.8. The number of esters is 2. The molecule has 3 atom stereocenters. The lowest BCUT2D eigenvalue weighted by Gasteiger charge is -2.26. The van der Waals surface area contributed by atoms with Crippen LogP contribution in [0.15, 0.2) is 72.8 Å². The van der Waals surface area contributed by atoms with Gasteiger partial charge in [0.15, 0.2) is 0 Å². The van der Waals surface area contributed by atoms with Crippen molar-refractivity contribution in [1.82, 2.24) is 10.2 Å². The first-order valence-corrected chi connectivity index (χ1v) is 14.4. The molecule has 2 aromatic carbocycles. The minimum Gasteiger partial charge on any atom is -0.460 e. The van der Waals surface area contributed by atoms with Crippen LogP contribution in [0.5, 0.6) is 0 Å².